The number of anilines is 1. The molecule has 0 aliphatic carbocycles. The predicted molar refractivity (Wildman–Crippen MR) is 102 cm³/mol. The third-order valence-electron chi connectivity index (χ3n) is 5.16. The van der Waals surface area contributed by atoms with Crippen LogP contribution in [0.4, 0.5) is 5.69 Å². The SMILES string of the molecule is COC(=O)CCN1CCC(C(=O)OC)(N(CCC=O)c2ccccc2)CC1. The van der Waals surface area contributed by atoms with Gasteiger partial charge in [0.25, 0.3) is 0 Å². The Bertz CT molecular complexity index is 627. The van der Waals surface area contributed by atoms with E-state index in [1.807, 2.05) is 35.2 Å². The molecule has 1 aliphatic rings. The van der Waals surface area contributed by atoms with E-state index >= 15 is 0 Å². The minimum Gasteiger partial charge on any atom is -0.469 e. The summed E-state index contributed by atoms with van der Waals surface area (Å²) in [6.45, 7) is 2.38. The topological polar surface area (TPSA) is 76.2 Å². The first-order valence-corrected chi connectivity index (χ1v) is 9.21. The van der Waals surface area contributed by atoms with E-state index in [0.29, 0.717) is 51.9 Å². The van der Waals surface area contributed by atoms with Gasteiger partial charge in [-0.05, 0) is 25.0 Å². The predicted octanol–water partition coefficient (Wildman–Crippen LogP) is 1.65. The molecule has 1 heterocycles. The van der Waals surface area contributed by atoms with Gasteiger partial charge in [0, 0.05) is 38.3 Å². The Morgan fingerprint density at radius 1 is 1.15 bits per heavy atom. The van der Waals surface area contributed by atoms with E-state index in [0.717, 1.165) is 12.0 Å². The summed E-state index contributed by atoms with van der Waals surface area (Å²) in [5.41, 5.74) is 0.0775. The van der Waals surface area contributed by atoms with Gasteiger partial charge in [0.15, 0.2) is 0 Å². The molecule has 1 fully saturated rings. The number of rotatable bonds is 9. The highest BCUT2D eigenvalue weighted by Gasteiger charge is 2.47. The van der Waals surface area contributed by atoms with Crippen molar-refractivity contribution in [1.82, 2.24) is 4.90 Å². The number of likely N-dealkylation sites (tertiary alicyclic amines) is 1. The van der Waals surface area contributed by atoms with Crippen LogP contribution in [0.5, 0.6) is 0 Å². The highest BCUT2D eigenvalue weighted by molar-refractivity contribution is 5.85. The Balaban J connectivity index is 2.21. The van der Waals surface area contributed by atoms with Crippen LogP contribution in [0.15, 0.2) is 30.3 Å². The number of nitrogens with zero attached hydrogens (tertiary/aromatic N) is 2. The van der Waals surface area contributed by atoms with Crippen molar-refractivity contribution in [1.29, 1.82) is 0 Å². The number of benzene rings is 1. The van der Waals surface area contributed by atoms with Crippen LogP contribution in [0.1, 0.15) is 25.7 Å². The Morgan fingerprint density at radius 2 is 1.81 bits per heavy atom. The van der Waals surface area contributed by atoms with Gasteiger partial charge in [-0.2, -0.15) is 0 Å². The second-order valence-electron chi connectivity index (χ2n) is 6.63. The molecule has 148 valence electrons. The van der Waals surface area contributed by atoms with Gasteiger partial charge in [-0.25, -0.2) is 4.79 Å². The van der Waals surface area contributed by atoms with E-state index in [1.165, 1.54) is 14.2 Å². The van der Waals surface area contributed by atoms with E-state index in [4.69, 9.17) is 9.47 Å². The number of hydrogen-bond acceptors (Lipinski definition) is 7. The molecule has 0 unspecified atom stereocenters. The number of piperidine rings is 1. The number of carbonyl (C=O) groups excluding carboxylic acids is 3. The second-order valence-corrected chi connectivity index (χ2v) is 6.63. The quantitative estimate of drug-likeness (QED) is 0.479. The smallest absolute Gasteiger partial charge is 0.331 e. The van der Waals surface area contributed by atoms with Crippen LogP contribution in [0.3, 0.4) is 0 Å². The van der Waals surface area contributed by atoms with Crippen LogP contribution in [0.2, 0.25) is 0 Å². The maximum atomic E-state index is 12.8. The lowest BCUT2D eigenvalue weighted by atomic mass is 9.84. The maximum absolute atomic E-state index is 12.8. The summed E-state index contributed by atoms with van der Waals surface area (Å²) in [6, 6.07) is 9.64. The van der Waals surface area contributed by atoms with Crippen LogP contribution in [0, 0.1) is 0 Å². The van der Waals surface area contributed by atoms with Gasteiger partial charge in [-0.3, -0.25) is 4.79 Å². The summed E-state index contributed by atoms with van der Waals surface area (Å²) < 4.78 is 9.86. The van der Waals surface area contributed by atoms with Crippen molar-refractivity contribution >= 4 is 23.9 Å². The van der Waals surface area contributed by atoms with Crippen LogP contribution in [-0.4, -0.2) is 69.1 Å². The van der Waals surface area contributed by atoms with Crippen LogP contribution in [-0.2, 0) is 23.9 Å². The zero-order valence-electron chi connectivity index (χ0n) is 16.1. The lowest BCUT2D eigenvalue weighted by molar-refractivity contribution is -0.149. The van der Waals surface area contributed by atoms with E-state index in [-0.39, 0.29) is 11.9 Å². The Morgan fingerprint density at radius 3 is 2.37 bits per heavy atom. The number of carbonyl (C=O) groups is 3. The Hall–Kier alpha value is -2.41. The van der Waals surface area contributed by atoms with E-state index < -0.39 is 5.54 Å². The number of para-hydroxylation sites is 1. The first kappa shape index (κ1) is 20.9. The minimum absolute atomic E-state index is 0.239. The monoisotopic (exact) mass is 376 g/mol. The normalized spacial score (nSPS) is 16.4. The van der Waals surface area contributed by atoms with Crippen molar-refractivity contribution in [3.63, 3.8) is 0 Å². The molecule has 1 saturated heterocycles. The minimum atomic E-state index is -0.819. The van der Waals surface area contributed by atoms with Crippen LogP contribution >= 0.6 is 0 Å². The summed E-state index contributed by atoms with van der Waals surface area (Å²) in [5, 5.41) is 0. The molecule has 0 saturated carbocycles. The highest BCUT2D eigenvalue weighted by atomic mass is 16.5. The molecule has 1 aliphatic heterocycles. The van der Waals surface area contributed by atoms with Gasteiger partial charge in [-0.15, -0.1) is 0 Å². The molecular weight excluding hydrogens is 348 g/mol. The first-order valence-electron chi connectivity index (χ1n) is 9.21. The molecule has 1 aromatic carbocycles. The number of esters is 2. The molecule has 0 spiro atoms. The standard InChI is InChI=1S/C20H28N2O5/c1-26-18(24)9-13-21-14-10-20(11-15-21,19(25)27-2)22(12-6-16-23)17-7-4-3-5-8-17/h3-5,7-8,16H,6,9-15H2,1-2H3. The van der Waals surface area contributed by atoms with Crippen molar-refractivity contribution in [2.45, 2.75) is 31.2 Å². The Kier molecular flexibility index (Phi) is 7.79. The largest absolute Gasteiger partial charge is 0.469 e. The molecule has 0 N–H and O–H groups in total. The average Bonchev–Trinajstić information content (AvgIpc) is 2.73. The van der Waals surface area contributed by atoms with Gasteiger partial charge in [0.2, 0.25) is 0 Å². The van der Waals surface area contributed by atoms with E-state index in [2.05, 4.69) is 4.90 Å². The van der Waals surface area contributed by atoms with Gasteiger partial charge in [0.05, 0.1) is 20.6 Å². The average molecular weight is 376 g/mol. The lowest BCUT2D eigenvalue weighted by Crippen LogP contribution is -2.61. The molecule has 0 atom stereocenters. The van der Waals surface area contributed by atoms with Crippen molar-refractivity contribution in [2.75, 3.05) is 45.3 Å². The second kappa shape index (κ2) is 10.1. The fraction of sp³-hybridized carbons (Fsp3) is 0.550. The zero-order valence-corrected chi connectivity index (χ0v) is 16.1. The molecule has 7 heteroatoms. The fourth-order valence-corrected chi connectivity index (χ4v) is 3.65. The summed E-state index contributed by atoms with van der Waals surface area (Å²) in [6.07, 6.45) is 2.66. The van der Waals surface area contributed by atoms with E-state index in [9.17, 15) is 14.4 Å². The van der Waals surface area contributed by atoms with Crippen molar-refractivity contribution in [3.8, 4) is 0 Å². The summed E-state index contributed by atoms with van der Waals surface area (Å²) in [5.74, 6) is -0.526. The molecular formula is C20H28N2O5. The van der Waals surface area contributed by atoms with Crippen molar-refractivity contribution < 1.29 is 23.9 Å². The van der Waals surface area contributed by atoms with Crippen LogP contribution < -0.4 is 4.90 Å². The van der Waals surface area contributed by atoms with Crippen LogP contribution in [0.25, 0.3) is 0 Å². The molecule has 1 aromatic rings. The lowest BCUT2D eigenvalue weighted by Gasteiger charge is -2.47. The molecule has 0 amide bonds. The third-order valence-corrected chi connectivity index (χ3v) is 5.16. The summed E-state index contributed by atoms with van der Waals surface area (Å²) >= 11 is 0. The number of hydrogen-bond donors (Lipinski definition) is 0. The highest BCUT2D eigenvalue weighted by Crippen LogP contribution is 2.34. The van der Waals surface area contributed by atoms with Crippen molar-refractivity contribution in [3.05, 3.63) is 30.3 Å². The molecule has 2 rings (SSSR count). The summed E-state index contributed by atoms with van der Waals surface area (Å²) in [7, 11) is 2.78. The molecule has 0 bridgehead atoms. The number of aldehydes is 1. The maximum Gasteiger partial charge on any atom is 0.331 e. The molecule has 7 nitrogen and oxygen atoms in total. The molecule has 0 aromatic heterocycles. The Labute approximate surface area is 160 Å². The van der Waals surface area contributed by atoms with Gasteiger partial charge in [0.1, 0.15) is 11.8 Å². The zero-order chi connectivity index (χ0) is 19.7. The van der Waals surface area contributed by atoms with E-state index in [1.54, 1.807) is 0 Å². The fourth-order valence-electron chi connectivity index (χ4n) is 3.65. The van der Waals surface area contributed by atoms with Gasteiger partial charge in [-0.1, -0.05) is 18.2 Å². The van der Waals surface area contributed by atoms with Gasteiger partial charge < -0.3 is 24.1 Å². The summed E-state index contributed by atoms with van der Waals surface area (Å²) in [4.78, 5) is 39.4. The molecule has 0 radical (unpaired) electrons. The van der Waals surface area contributed by atoms with Crippen molar-refractivity contribution in [2.24, 2.45) is 0 Å². The third kappa shape index (κ3) is 5.07. The van der Waals surface area contributed by atoms with Gasteiger partial charge >= 0.3 is 11.9 Å². The number of methoxy groups -OCH3 is 2. The first-order chi connectivity index (χ1) is 13.1. The number of ether oxygens (including phenoxy) is 2. The molecule has 27 heavy (non-hydrogen) atoms.